The van der Waals surface area contributed by atoms with E-state index in [1.807, 2.05) is 0 Å². The molecule has 5 nitrogen and oxygen atoms in total. The summed E-state index contributed by atoms with van der Waals surface area (Å²) < 4.78 is 18.6. The summed E-state index contributed by atoms with van der Waals surface area (Å²) in [5.41, 5.74) is -0.108. The van der Waals surface area contributed by atoms with E-state index in [2.05, 4.69) is 5.32 Å². The number of nitrogens with one attached hydrogen (secondary N) is 1. The fourth-order valence-corrected chi connectivity index (χ4v) is 1.72. The number of benzene rings is 1. The molecule has 18 heavy (non-hydrogen) atoms. The molecule has 0 saturated carbocycles. The summed E-state index contributed by atoms with van der Waals surface area (Å²) in [6.45, 7) is 1.90. The molecule has 1 N–H and O–H groups in total. The van der Waals surface area contributed by atoms with Crippen molar-refractivity contribution in [2.45, 2.75) is 0 Å². The third-order valence-corrected chi connectivity index (χ3v) is 2.65. The molecule has 1 heterocycles. The Morgan fingerprint density at radius 2 is 2.39 bits per heavy atom. The molecule has 0 atom stereocenters. The SMILES string of the molecule is N#Cc1c(F)cccc1OCCN1CCNC1=O. The zero-order valence-corrected chi connectivity index (χ0v) is 9.65. The monoisotopic (exact) mass is 249 g/mol. The number of rotatable bonds is 4. The minimum atomic E-state index is -0.603. The van der Waals surface area contributed by atoms with Crippen molar-refractivity contribution in [3.05, 3.63) is 29.6 Å². The van der Waals surface area contributed by atoms with E-state index in [-0.39, 0.29) is 24.0 Å². The van der Waals surface area contributed by atoms with Gasteiger partial charge in [-0.2, -0.15) is 5.26 Å². The van der Waals surface area contributed by atoms with Gasteiger partial charge in [0.15, 0.2) is 0 Å². The molecule has 6 heteroatoms. The molecule has 0 aromatic heterocycles. The zero-order valence-electron chi connectivity index (χ0n) is 9.65. The molecule has 94 valence electrons. The third-order valence-electron chi connectivity index (χ3n) is 2.65. The van der Waals surface area contributed by atoms with Crippen molar-refractivity contribution in [2.75, 3.05) is 26.2 Å². The highest BCUT2D eigenvalue weighted by atomic mass is 19.1. The van der Waals surface area contributed by atoms with Crippen LogP contribution in [-0.2, 0) is 0 Å². The lowest BCUT2D eigenvalue weighted by molar-refractivity contribution is 0.202. The molecule has 1 fully saturated rings. The maximum atomic E-state index is 13.3. The van der Waals surface area contributed by atoms with Crippen LogP contribution in [0.3, 0.4) is 0 Å². The Hall–Kier alpha value is -2.29. The summed E-state index contributed by atoms with van der Waals surface area (Å²) in [7, 11) is 0. The van der Waals surface area contributed by atoms with Crippen LogP contribution in [0, 0.1) is 17.1 Å². The molecule has 1 aliphatic rings. The minimum Gasteiger partial charge on any atom is -0.490 e. The van der Waals surface area contributed by atoms with Crippen LogP contribution in [0.25, 0.3) is 0 Å². The number of halogens is 1. The molecule has 2 amide bonds. The van der Waals surface area contributed by atoms with Crippen molar-refractivity contribution in [2.24, 2.45) is 0 Å². The van der Waals surface area contributed by atoms with Gasteiger partial charge in [-0.3, -0.25) is 0 Å². The highest BCUT2D eigenvalue weighted by Gasteiger charge is 2.19. The Kier molecular flexibility index (Phi) is 3.63. The molecule has 1 aliphatic heterocycles. The van der Waals surface area contributed by atoms with Gasteiger partial charge in [-0.1, -0.05) is 6.07 Å². The van der Waals surface area contributed by atoms with Crippen LogP contribution in [-0.4, -0.2) is 37.2 Å². The number of nitriles is 1. The number of hydrogen-bond donors (Lipinski definition) is 1. The maximum Gasteiger partial charge on any atom is 0.317 e. The van der Waals surface area contributed by atoms with E-state index in [0.29, 0.717) is 19.6 Å². The summed E-state index contributed by atoms with van der Waals surface area (Å²) in [4.78, 5) is 12.8. The Morgan fingerprint density at radius 3 is 3.06 bits per heavy atom. The van der Waals surface area contributed by atoms with Crippen molar-refractivity contribution in [3.8, 4) is 11.8 Å². The predicted octanol–water partition coefficient (Wildman–Crippen LogP) is 1.10. The van der Waals surface area contributed by atoms with Gasteiger partial charge in [-0.25, -0.2) is 9.18 Å². The summed E-state index contributed by atoms with van der Waals surface area (Å²) >= 11 is 0. The number of amides is 2. The Bertz CT molecular complexity index is 499. The molecular weight excluding hydrogens is 237 g/mol. The van der Waals surface area contributed by atoms with E-state index in [1.54, 1.807) is 11.0 Å². The molecule has 0 radical (unpaired) electrons. The second kappa shape index (κ2) is 5.36. The first-order chi connectivity index (χ1) is 8.72. The summed E-state index contributed by atoms with van der Waals surface area (Å²) in [6, 6.07) is 5.85. The van der Waals surface area contributed by atoms with Crippen molar-refractivity contribution in [1.82, 2.24) is 10.2 Å². The van der Waals surface area contributed by atoms with Gasteiger partial charge in [0.1, 0.15) is 29.8 Å². The highest BCUT2D eigenvalue weighted by Crippen LogP contribution is 2.20. The van der Waals surface area contributed by atoms with E-state index >= 15 is 0 Å². The zero-order chi connectivity index (χ0) is 13.0. The van der Waals surface area contributed by atoms with E-state index in [1.165, 1.54) is 18.2 Å². The smallest absolute Gasteiger partial charge is 0.317 e. The van der Waals surface area contributed by atoms with Crippen LogP contribution in [0.4, 0.5) is 9.18 Å². The van der Waals surface area contributed by atoms with E-state index in [9.17, 15) is 9.18 Å². The van der Waals surface area contributed by atoms with Crippen LogP contribution < -0.4 is 10.1 Å². The quantitative estimate of drug-likeness (QED) is 0.869. The van der Waals surface area contributed by atoms with E-state index in [0.717, 1.165) is 0 Å². The van der Waals surface area contributed by atoms with Gasteiger partial charge in [-0.15, -0.1) is 0 Å². The molecule has 2 rings (SSSR count). The molecular formula is C12H12FN3O2. The molecule has 0 spiro atoms. The molecule has 0 aliphatic carbocycles. The minimum absolute atomic E-state index is 0.108. The number of nitrogens with zero attached hydrogens (tertiary/aromatic N) is 2. The molecule has 1 aromatic carbocycles. The lowest BCUT2D eigenvalue weighted by Gasteiger charge is -2.15. The van der Waals surface area contributed by atoms with Crippen molar-refractivity contribution in [3.63, 3.8) is 0 Å². The van der Waals surface area contributed by atoms with Crippen LogP contribution >= 0.6 is 0 Å². The summed E-state index contributed by atoms with van der Waals surface area (Å²) in [5, 5.41) is 11.5. The summed E-state index contributed by atoms with van der Waals surface area (Å²) in [6.07, 6.45) is 0. The average Bonchev–Trinajstić information content (AvgIpc) is 2.75. The number of urea groups is 1. The average molecular weight is 249 g/mol. The van der Waals surface area contributed by atoms with E-state index in [4.69, 9.17) is 10.00 Å². The second-order valence-electron chi connectivity index (χ2n) is 3.79. The topological polar surface area (TPSA) is 65.4 Å². The number of carbonyl (C=O) groups excluding carboxylic acids is 1. The van der Waals surface area contributed by atoms with Crippen LogP contribution in [0.5, 0.6) is 5.75 Å². The van der Waals surface area contributed by atoms with Crippen LogP contribution in [0.15, 0.2) is 18.2 Å². The van der Waals surface area contributed by atoms with Gasteiger partial charge < -0.3 is 15.0 Å². The Balaban J connectivity index is 1.93. The Labute approximate surface area is 104 Å². The van der Waals surface area contributed by atoms with Gasteiger partial charge in [0.25, 0.3) is 0 Å². The lowest BCUT2D eigenvalue weighted by Crippen LogP contribution is -2.31. The van der Waals surface area contributed by atoms with Crippen LogP contribution in [0.1, 0.15) is 5.56 Å². The number of ether oxygens (including phenoxy) is 1. The van der Waals surface area contributed by atoms with E-state index < -0.39 is 5.82 Å². The number of carbonyl (C=O) groups is 1. The second-order valence-corrected chi connectivity index (χ2v) is 3.79. The van der Waals surface area contributed by atoms with Gasteiger partial charge in [0, 0.05) is 13.1 Å². The molecule has 0 bridgehead atoms. The Morgan fingerprint density at radius 1 is 1.56 bits per heavy atom. The van der Waals surface area contributed by atoms with Crippen molar-refractivity contribution < 1.29 is 13.9 Å². The maximum absolute atomic E-state index is 13.3. The van der Waals surface area contributed by atoms with Crippen LogP contribution in [0.2, 0.25) is 0 Å². The van der Waals surface area contributed by atoms with Gasteiger partial charge >= 0.3 is 6.03 Å². The third kappa shape index (κ3) is 2.51. The van der Waals surface area contributed by atoms with Gasteiger partial charge in [0.2, 0.25) is 0 Å². The predicted molar refractivity (Wildman–Crippen MR) is 61.6 cm³/mol. The normalized spacial score (nSPS) is 14.2. The standard InChI is InChI=1S/C12H12FN3O2/c13-10-2-1-3-11(9(10)8-14)18-7-6-16-5-4-15-12(16)17/h1-3H,4-7H2,(H,15,17). The molecule has 0 unspecified atom stereocenters. The number of hydrogen-bond acceptors (Lipinski definition) is 3. The fraction of sp³-hybridized carbons (Fsp3) is 0.333. The fourth-order valence-electron chi connectivity index (χ4n) is 1.72. The molecule has 1 aromatic rings. The van der Waals surface area contributed by atoms with Gasteiger partial charge in [-0.05, 0) is 12.1 Å². The van der Waals surface area contributed by atoms with Gasteiger partial charge in [0.05, 0.1) is 6.54 Å². The first-order valence-electron chi connectivity index (χ1n) is 5.56. The van der Waals surface area contributed by atoms with Crippen molar-refractivity contribution in [1.29, 1.82) is 5.26 Å². The largest absolute Gasteiger partial charge is 0.490 e. The van der Waals surface area contributed by atoms with Crippen molar-refractivity contribution >= 4 is 6.03 Å². The first kappa shape index (κ1) is 12.2. The highest BCUT2D eigenvalue weighted by molar-refractivity contribution is 5.76. The summed E-state index contributed by atoms with van der Waals surface area (Å²) in [5.74, 6) is -0.397. The lowest BCUT2D eigenvalue weighted by atomic mass is 10.2. The first-order valence-corrected chi connectivity index (χ1v) is 5.56. The molecule has 1 saturated heterocycles.